The quantitative estimate of drug-likeness (QED) is 0.630. The van der Waals surface area contributed by atoms with Crippen LogP contribution >= 0.6 is 0 Å². The Labute approximate surface area is 176 Å². The second-order valence-corrected chi connectivity index (χ2v) is 7.38. The Bertz CT molecular complexity index is 1040. The predicted molar refractivity (Wildman–Crippen MR) is 105 cm³/mol. The van der Waals surface area contributed by atoms with Gasteiger partial charge >= 0.3 is 6.18 Å². The largest absolute Gasteiger partial charge is 0.433 e. The zero-order valence-electron chi connectivity index (χ0n) is 16.8. The molecule has 2 aromatic heterocycles. The molecule has 3 heterocycles. The number of carbonyl (C=O) groups is 1. The van der Waals surface area contributed by atoms with Crippen molar-refractivity contribution in [1.82, 2.24) is 24.9 Å². The predicted octanol–water partition coefficient (Wildman–Crippen LogP) is 3.42. The zero-order valence-corrected chi connectivity index (χ0v) is 16.8. The highest BCUT2D eigenvalue weighted by Crippen LogP contribution is 2.27. The molecule has 1 aliphatic heterocycles. The number of piperazine rings is 1. The fourth-order valence-corrected chi connectivity index (χ4v) is 3.31. The van der Waals surface area contributed by atoms with Crippen molar-refractivity contribution >= 4 is 5.91 Å². The maximum Gasteiger partial charge on any atom is 0.433 e. The van der Waals surface area contributed by atoms with E-state index in [1.54, 1.807) is 4.90 Å². The number of aromatic nitrogens is 3. The van der Waals surface area contributed by atoms with Crippen LogP contribution in [0.15, 0.2) is 47.1 Å². The number of alkyl halides is 3. The van der Waals surface area contributed by atoms with E-state index >= 15 is 0 Å². The van der Waals surface area contributed by atoms with E-state index in [4.69, 9.17) is 4.52 Å². The first-order valence-corrected chi connectivity index (χ1v) is 9.74. The minimum absolute atomic E-state index is 0.140. The maximum atomic E-state index is 12.6. The number of halogens is 3. The molecule has 1 fully saturated rings. The lowest BCUT2D eigenvalue weighted by atomic mass is 10.1. The second-order valence-electron chi connectivity index (χ2n) is 7.38. The van der Waals surface area contributed by atoms with Gasteiger partial charge in [0.1, 0.15) is 5.69 Å². The summed E-state index contributed by atoms with van der Waals surface area (Å²) in [7, 11) is 0. The third kappa shape index (κ3) is 4.91. The van der Waals surface area contributed by atoms with E-state index in [-0.39, 0.29) is 11.5 Å². The molecule has 31 heavy (non-hydrogen) atoms. The van der Waals surface area contributed by atoms with E-state index in [2.05, 4.69) is 20.0 Å². The summed E-state index contributed by atoms with van der Waals surface area (Å²) in [5.41, 5.74) is 1.15. The molecule has 0 atom stereocenters. The number of carbonyl (C=O) groups excluding carboxylic acids is 1. The second kappa shape index (κ2) is 8.46. The molecule has 0 unspecified atom stereocenters. The number of hydrogen-bond donors (Lipinski definition) is 0. The fraction of sp³-hybridized carbons (Fsp3) is 0.333. The molecule has 1 amide bonds. The van der Waals surface area contributed by atoms with Gasteiger partial charge in [-0.05, 0) is 19.1 Å². The van der Waals surface area contributed by atoms with Crippen LogP contribution in [0.3, 0.4) is 0 Å². The normalized spacial score (nSPS) is 15.3. The topological polar surface area (TPSA) is 75.4 Å². The lowest BCUT2D eigenvalue weighted by molar-refractivity contribution is -0.141. The van der Waals surface area contributed by atoms with Crippen LogP contribution in [0, 0.1) is 6.92 Å². The van der Waals surface area contributed by atoms with Crippen LogP contribution in [-0.2, 0) is 12.7 Å². The molecule has 1 saturated heterocycles. The minimum atomic E-state index is -4.53. The molecule has 0 spiro atoms. The van der Waals surface area contributed by atoms with Crippen LogP contribution in [0.4, 0.5) is 13.2 Å². The Morgan fingerprint density at radius 1 is 1.06 bits per heavy atom. The summed E-state index contributed by atoms with van der Waals surface area (Å²) in [6, 6.07) is 9.82. The first-order chi connectivity index (χ1) is 14.8. The monoisotopic (exact) mass is 431 g/mol. The van der Waals surface area contributed by atoms with Gasteiger partial charge in [0.15, 0.2) is 0 Å². The molecular formula is C21H20F3N5O2. The lowest BCUT2D eigenvalue weighted by Gasteiger charge is -2.33. The molecule has 0 radical (unpaired) electrons. The van der Waals surface area contributed by atoms with Crippen molar-refractivity contribution < 1.29 is 22.5 Å². The molecule has 4 rings (SSSR count). The van der Waals surface area contributed by atoms with Crippen LogP contribution in [0.2, 0.25) is 0 Å². The van der Waals surface area contributed by atoms with Gasteiger partial charge in [-0.3, -0.25) is 14.7 Å². The Balaban J connectivity index is 1.32. The molecule has 7 nitrogen and oxygen atoms in total. The Morgan fingerprint density at radius 2 is 1.77 bits per heavy atom. The van der Waals surface area contributed by atoms with E-state index in [1.165, 1.54) is 0 Å². The van der Waals surface area contributed by atoms with Crippen LogP contribution in [-0.4, -0.2) is 57.0 Å². The third-order valence-electron chi connectivity index (χ3n) is 5.10. The number of benzene rings is 1. The average Bonchev–Trinajstić information content (AvgIpc) is 3.22. The summed E-state index contributed by atoms with van der Waals surface area (Å²) in [6.07, 6.45) is -3.55. The highest BCUT2D eigenvalue weighted by Gasteiger charge is 2.32. The van der Waals surface area contributed by atoms with Crippen molar-refractivity contribution in [3.05, 3.63) is 65.3 Å². The number of amides is 1. The van der Waals surface area contributed by atoms with Gasteiger partial charge in [-0.2, -0.15) is 18.2 Å². The van der Waals surface area contributed by atoms with Gasteiger partial charge in [0.05, 0.1) is 12.1 Å². The molecular weight excluding hydrogens is 411 g/mol. The first kappa shape index (κ1) is 21.0. The molecule has 162 valence electrons. The van der Waals surface area contributed by atoms with Crippen molar-refractivity contribution in [2.75, 3.05) is 26.2 Å². The van der Waals surface area contributed by atoms with E-state index in [1.807, 2.05) is 31.2 Å². The molecule has 0 bridgehead atoms. The molecule has 0 N–H and O–H groups in total. The van der Waals surface area contributed by atoms with Crippen molar-refractivity contribution in [3.8, 4) is 11.4 Å². The first-order valence-electron chi connectivity index (χ1n) is 9.74. The number of hydrogen-bond acceptors (Lipinski definition) is 6. The summed E-state index contributed by atoms with van der Waals surface area (Å²) in [5, 5.41) is 4.02. The summed E-state index contributed by atoms with van der Waals surface area (Å²) in [4.78, 5) is 24.0. The molecule has 3 aromatic rings. The van der Waals surface area contributed by atoms with Gasteiger partial charge < -0.3 is 9.42 Å². The van der Waals surface area contributed by atoms with E-state index in [0.717, 1.165) is 29.5 Å². The molecule has 0 aliphatic carbocycles. The van der Waals surface area contributed by atoms with Crippen molar-refractivity contribution in [3.63, 3.8) is 0 Å². The van der Waals surface area contributed by atoms with Crippen LogP contribution < -0.4 is 0 Å². The summed E-state index contributed by atoms with van der Waals surface area (Å²) in [6.45, 7) is 4.52. The van der Waals surface area contributed by atoms with Gasteiger partial charge in [-0.15, -0.1) is 0 Å². The Morgan fingerprint density at radius 3 is 2.39 bits per heavy atom. The summed E-state index contributed by atoms with van der Waals surface area (Å²) < 4.78 is 43.2. The highest BCUT2D eigenvalue weighted by molar-refractivity contribution is 5.94. The van der Waals surface area contributed by atoms with Gasteiger partial charge in [0.2, 0.25) is 11.7 Å². The number of rotatable bonds is 4. The van der Waals surface area contributed by atoms with Gasteiger partial charge in [0, 0.05) is 37.9 Å². The molecule has 1 aliphatic rings. The van der Waals surface area contributed by atoms with Gasteiger partial charge in [-0.1, -0.05) is 35.0 Å². The summed E-state index contributed by atoms with van der Waals surface area (Å²) >= 11 is 0. The molecule has 0 saturated carbocycles. The molecule has 10 heteroatoms. The standard InChI is InChI=1S/C21H20F3N5O2/c1-14-2-4-15(5-3-14)19-26-18(31-27-19)13-28-8-10-29(11-9-28)20(30)16-6-7-17(25-12-16)21(22,23)24/h2-7,12H,8-11,13H2,1H3. The van der Waals surface area contributed by atoms with E-state index in [9.17, 15) is 18.0 Å². The van der Waals surface area contributed by atoms with E-state index < -0.39 is 11.9 Å². The van der Waals surface area contributed by atoms with Gasteiger partial charge in [0.25, 0.3) is 5.91 Å². The number of aryl methyl sites for hydroxylation is 1. The summed E-state index contributed by atoms with van der Waals surface area (Å²) in [5.74, 6) is 0.682. The van der Waals surface area contributed by atoms with Crippen molar-refractivity contribution in [2.24, 2.45) is 0 Å². The van der Waals surface area contributed by atoms with Crippen LogP contribution in [0.5, 0.6) is 0 Å². The van der Waals surface area contributed by atoms with Crippen LogP contribution in [0.1, 0.15) is 27.5 Å². The van der Waals surface area contributed by atoms with Crippen molar-refractivity contribution in [1.29, 1.82) is 0 Å². The maximum absolute atomic E-state index is 12.6. The Hall–Kier alpha value is -3.27. The highest BCUT2D eigenvalue weighted by atomic mass is 19.4. The van der Waals surface area contributed by atoms with E-state index in [0.29, 0.717) is 44.4 Å². The zero-order chi connectivity index (χ0) is 22.0. The Kier molecular flexibility index (Phi) is 5.73. The van der Waals surface area contributed by atoms with Crippen LogP contribution in [0.25, 0.3) is 11.4 Å². The fourth-order valence-electron chi connectivity index (χ4n) is 3.31. The van der Waals surface area contributed by atoms with Crippen molar-refractivity contribution in [2.45, 2.75) is 19.6 Å². The third-order valence-corrected chi connectivity index (χ3v) is 5.10. The molecule has 1 aromatic carbocycles. The van der Waals surface area contributed by atoms with Gasteiger partial charge in [-0.25, -0.2) is 0 Å². The smallest absolute Gasteiger partial charge is 0.338 e. The lowest BCUT2D eigenvalue weighted by Crippen LogP contribution is -2.48. The number of nitrogens with zero attached hydrogens (tertiary/aromatic N) is 5. The number of pyridine rings is 1. The average molecular weight is 431 g/mol. The SMILES string of the molecule is Cc1ccc(-c2noc(CN3CCN(C(=O)c4ccc(C(F)(F)F)nc4)CC3)n2)cc1. The minimum Gasteiger partial charge on any atom is -0.338 e.